The van der Waals surface area contributed by atoms with E-state index in [9.17, 15) is 9.50 Å². The third-order valence-corrected chi connectivity index (χ3v) is 5.71. The molecule has 0 atom stereocenters. The highest BCUT2D eigenvalue weighted by atomic mass is 35.5. The number of aliphatic hydroxyl groups excluding tert-OH is 1. The summed E-state index contributed by atoms with van der Waals surface area (Å²) in [6.45, 7) is 6.31. The van der Waals surface area contributed by atoms with Crippen LogP contribution in [-0.2, 0) is 6.54 Å². The highest BCUT2D eigenvalue weighted by molar-refractivity contribution is 6.30. The fourth-order valence-electron chi connectivity index (χ4n) is 3.86. The molecular weight excluding hydrogens is 315 g/mol. The Morgan fingerprint density at radius 3 is 2.39 bits per heavy atom. The number of piperidine rings is 1. The summed E-state index contributed by atoms with van der Waals surface area (Å²) >= 11 is 5.74. The fourth-order valence-corrected chi connectivity index (χ4v) is 3.98. The van der Waals surface area contributed by atoms with Crippen molar-refractivity contribution in [2.75, 3.05) is 39.3 Å². The number of hydrogen-bond acceptors (Lipinski definition) is 3. The van der Waals surface area contributed by atoms with Gasteiger partial charge in [0.1, 0.15) is 5.82 Å². The summed E-state index contributed by atoms with van der Waals surface area (Å²) < 4.78 is 13.5. The third kappa shape index (κ3) is 4.24. The fraction of sp³-hybridized carbons (Fsp3) is 0.667. The number of aliphatic hydroxyl groups is 1. The zero-order chi connectivity index (χ0) is 16.3. The van der Waals surface area contributed by atoms with Gasteiger partial charge in [0.15, 0.2) is 0 Å². The van der Waals surface area contributed by atoms with Crippen LogP contribution in [0, 0.1) is 11.2 Å². The van der Waals surface area contributed by atoms with Crippen LogP contribution in [0.2, 0.25) is 5.02 Å². The van der Waals surface area contributed by atoms with Gasteiger partial charge in [0.05, 0.1) is 11.6 Å². The van der Waals surface area contributed by atoms with Gasteiger partial charge in [-0.2, -0.15) is 0 Å². The molecule has 2 fully saturated rings. The summed E-state index contributed by atoms with van der Waals surface area (Å²) in [5.41, 5.74) is 1.01. The van der Waals surface area contributed by atoms with E-state index in [1.54, 1.807) is 6.07 Å². The first-order valence-electron chi connectivity index (χ1n) is 8.60. The van der Waals surface area contributed by atoms with Crippen molar-refractivity contribution in [2.24, 2.45) is 5.41 Å². The van der Waals surface area contributed by atoms with E-state index >= 15 is 0 Å². The number of rotatable bonds is 5. The maximum atomic E-state index is 13.5. The van der Waals surface area contributed by atoms with E-state index in [4.69, 9.17) is 11.6 Å². The molecule has 2 aliphatic rings. The molecule has 0 bridgehead atoms. The van der Waals surface area contributed by atoms with E-state index in [-0.39, 0.29) is 22.9 Å². The second-order valence-corrected chi connectivity index (χ2v) is 7.57. The summed E-state index contributed by atoms with van der Waals surface area (Å²) in [5, 5.41) is 10.1. The summed E-state index contributed by atoms with van der Waals surface area (Å²) in [6, 6.07) is 5.05. The Kier molecular flexibility index (Phi) is 5.57. The molecule has 3 rings (SSSR count). The summed E-state index contributed by atoms with van der Waals surface area (Å²) in [4.78, 5) is 4.85. The molecule has 0 aromatic heterocycles. The summed E-state index contributed by atoms with van der Waals surface area (Å²) in [7, 11) is 0. The molecule has 0 radical (unpaired) electrons. The number of benzene rings is 1. The third-order valence-electron chi connectivity index (χ3n) is 5.40. The Labute approximate surface area is 143 Å². The van der Waals surface area contributed by atoms with Crippen molar-refractivity contribution in [1.29, 1.82) is 0 Å². The van der Waals surface area contributed by atoms with Crippen molar-refractivity contribution in [3.8, 4) is 0 Å². The molecule has 0 aliphatic carbocycles. The SMILES string of the molecule is OCC1(CN2CCCC2)CCN(Cc2ccc(Cl)c(F)c2)CC1. The highest BCUT2D eigenvalue weighted by Gasteiger charge is 2.36. The first-order chi connectivity index (χ1) is 11.1. The second kappa shape index (κ2) is 7.47. The molecule has 1 aromatic rings. The van der Waals surface area contributed by atoms with Gasteiger partial charge >= 0.3 is 0 Å². The van der Waals surface area contributed by atoms with Crippen LogP contribution in [0.3, 0.4) is 0 Å². The monoisotopic (exact) mass is 340 g/mol. The molecule has 23 heavy (non-hydrogen) atoms. The smallest absolute Gasteiger partial charge is 0.142 e. The van der Waals surface area contributed by atoms with Gasteiger partial charge in [-0.25, -0.2) is 4.39 Å². The van der Waals surface area contributed by atoms with E-state index in [2.05, 4.69) is 9.80 Å². The van der Waals surface area contributed by atoms with Crippen molar-refractivity contribution in [3.05, 3.63) is 34.6 Å². The lowest BCUT2D eigenvalue weighted by Gasteiger charge is -2.42. The number of likely N-dealkylation sites (tertiary alicyclic amines) is 2. The van der Waals surface area contributed by atoms with Crippen molar-refractivity contribution >= 4 is 11.6 Å². The molecule has 0 amide bonds. The topological polar surface area (TPSA) is 26.7 Å². The lowest BCUT2D eigenvalue weighted by molar-refractivity contribution is 0.0165. The van der Waals surface area contributed by atoms with Gasteiger partial charge in [-0.3, -0.25) is 4.90 Å². The van der Waals surface area contributed by atoms with Gasteiger partial charge in [0, 0.05) is 18.5 Å². The summed E-state index contributed by atoms with van der Waals surface area (Å²) in [6.07, 6.45) is 4.59. The minimum atomic E-state index is -0.347. The van der Waals surface area contributed by atoms with Crippen LogP contribution in [0.25, 0.3) is 0 Å². The van der Waals surface area contributed by atoms with Gasteiger partial charge in [0.2, 0.25) is 0 Å². The van der Waals surface area contributed by atoms with Crippen LogP contribution in [-0.4, -0.2) is 54.2 Å². The Hall–Kier alpha value is -0.680. The molecule has 2 heterocycles. The number of halogens is 2. The van der Waals surface area contributed by atoms with Crippen LogP contribution in [0.15, 0.2) is 18.2 Å². The van der Waals surface area contributed by atoms with E-state index in [0.29, 0.717) is 0 Å². The summed E-state index contributed by atoms with van der Waals surface area (Å²) in [5.74, 6) is -0.347. The molecule has 0 spiro atoms. The lowest BCUT2D eigenvalue weighted by atomic mass is 9.78. The Balaban J connectivity index is 1.55. The van der Waals surface area contributed by atoms with Crippen LogP contribution >= 0.6 is 11.6 Å². The molecule has 128 valence electrons. The zero-order valence-electron chi connectivity index (χ0n) is 13.6. The molecular formula is C18H26ClFN2O. The zero-order valence-corrected chi connectivity index (χ0v) is 14.4. The molecule has 2 aliphatic heterocycles. The molecule has 2 saturated heterocycles. The minimum Gasteiger partial charge on any atom is -0.396 e. The minimum absolute atomic E-state index is 0.0477. The predicted octanol–water partition coefficient (Wildman–Crippen LogP) is 3.15. The van der Waals surface area contributed by atoms with Gasteiger partial charge in [-0.05, 0) is 69.6 Å². The second-order valence-electron chi connectivity index (χ2n) is 7.17. The van der Waals surface area contributed by atoms with Crippen LogP contribution in [0.4, 0.5) is 4.39 Å². The van der Waals surface area contributed by atoms with E-state index in [1.165, 1.54) is 32.0 Å². The lowest BCUT2D eigenvalue weighted by Crippen LogP contribution is -2.47. The van der Waals surface area contributed by atoms with Crippen molar-refractivity contribution in [2.45, 2.75) is 32.2 Å². The maximum Gasteiger partial charge on any atom is 0.142 e. The Morgan fingerprint density at radius 2 is 1.78 bits per heavy atom. The standard InChI is InChI=1S/C18H26ClFN2O/c19-16-4-3-15(11-17(16)20)12-21-9-5-18(14-23,6-10-21)13-22-7-1-2-8-22/h3-4,11,23H,1-2,5-10,12-14H2. The van der Waals surface area contributed by atoms with Crippen molar-refractivity contribution < 1.29 is 9.50 Å². The normalized spacial score (nSPS) is 22.6. The van der Waals surface area contributed by atoms with Crippen molar-refractivity contribution in [3.63, 3.8) is 0 Å². The average molecular weight is 341 g/mol. The Morgan fingerprint density at radius 1 is 1.09 bits per heavy atom. The van der Waals surface area contributed by atoms with Gasteiger partial charge < -0.3 is 10.0 Å². The highest BCUT2D eigenvalue weighted by Crippen LogP contribution is 2.33. The van der Waals surface area contributed by atoms with E-state index in [1.807, 2.05) is 6.07 Å². The quantitative estimate of drug-likeness (QED) is 0.892. The molecule has 1 aromatic carbocycles. The first kappa shape index (κ1) is 17.2. The molecule has 5 heteroatoms. The first-order valence-corrected chi connectivity index (χ1v) is 8.98. The molecule has 3 nitrogen and oxygen atoms in total. The van der Waals surface area contributed by atoms with E-state index in [0.717, 1.165) is 44.6 Å². The predicted molar refractivity (Wildman–Crippen MR) is 91.1 cm³/mol. The number of hydrogen-bond donors (Lipinski definition) is 1. The van der Waals surface area contributed by atoms with Gasteiger partial charge in [0.25, 0.3) is 0 Å². The van der Waals surface area contributed by atoms with E-state index < -0.39 is 0 Å². The Bertz CT molecular complexity index is 526. The van der Waals surface area contributed by atoms with Crippen molar-refractivity contribution in [1.82, 2.24) is 9.80 Å². The molecule has 0 unspecified atom stereocenters. The molecule has 0 saturated carbocycles. The van der Waals surface area contributed by atoms with Crippen LogP contribution in [0.1, 0.15) is 31.2 Å². The van der Waals surface area contributed by atoms with Gasteiger partial charge in [-0.1, -0.05) is 17.7 Å². The maximum absolute atomic E-state index is 13.5. The van der Waals surface area contributed by atoms with Crippen LogP contribution < -0.4 is 0 Å². The van der Waals surface area contributed by atoms with Crippen LogP contribution in [0.5, 0.6) is 0 Å². The molecule has 1 N–H and O–H groups in total. The average Bonchev–Trinajstić information content (AvgIpc) is 3.06. The van der Waals surface area contributed by atoms with Gasteiger partial charge in [-0.15, -0.1) is 0 Å². The largest absolute Gasteiger partial charge is 0.396 e. The number of nitrogens with zero attached hydrogens (tertiary/aromatic N) is 2.